The predicted octanol–water partition coefficient (Wildman–Crippen LogP) is 6.83. The van der Waals surface area contributed by atoms with Crippen molar-refractivity contribution in [3.8, 4) is 17.2 Å². The van der Waals surface area contributed by atoms with Crippen molar-refractivity contribution in [3.05, 3.63) is 54.7 Å². The summed E-state index contributed by atoms with van der Waals surface area (Å²) in [6, 6.07) is 6.29. The van der Waals surface area contributed by atoms with Crippen molar-refractivity contribution >= 4 is 58.0 Å². The number of hydrogen-bond acceptors (Lipinski definition) is 1. The van der Waals surface area contributed by atoms with E-state index < -0.39 is 5.82 Å². The maximum absolute atomic E-state index is 14.2. The van der Waals surface area contributed by atoms with Gasteiger partial charge in [0.15, 0.2) is 0 Å². The third-order valence-corrected chi connectivity index (χ3v) is 5.11. The Morgan fingerprint density at radius 3 is 1.90 bits per heavy atom. The molecule has 0 heterocycles. The molecule has 0 bridgehead atoms. The molecule has 0 aliphatic heterocycles. The van der Waals surface area contributed by atoms with Crippen LogP contribution in [0.1, 0.15) is 5.56 Å². The minimum absolute atomic E-state index is 0.00439. The molecule has 2 rings (SSSR count). The number of benzene rings is 2. The van der Waals surface area contributed by atoms with Crippen molar-refractivity contribution in [2.24, 2.45) is 0 Å². The molecule has 0 aromatic heterocycles. The van der Waals surface area contributed by atoms with Gasteiger partial charge in [0, 0.05) is 11.1 Å². The van der Waals surface area contributed by atoms with Crippen LogP contribution in [0.15, 0.2) is 18.2 Å². The average Bonchev–Trinajstić information content (AvgIpc) is 2.46. The van der Waals surface area contributed by atoms with Crippen LogP contribution in [-0.2, 0) is 6.42 Å². The molecule has 108 valence electrons. The van der Waals surface area contributed by atoms with Crippen LogP contribution in [0.2, 0.25) is 25.1 Å². The molecule has 2 aromatic carbocycles. The number of rotatable bonds is 2. The first-order valence-corrected chi connectivity index (χ1v) is 7.45. The molecule has 0 unspecified atom stereocenters. The Bertz CT molecular complexity index is 738. The molecule has 21 heavy (non-hydrogen) atoms. The third-order valence-electron chi connectivity index (χ3n) is 2.83. The number of hydrogen-bond donors (Lipinski definition) is 0. The minimum Gasteiger partial charge on any atom is -0.206 e. The fourth-order valence-corrected chi connectivity index (χ4v) is 3.23. The summed E-state index contributed by atoms with van der Waals surface area (Å²) in [6.07, 6.45) is -0.0163. The van der Waals surface area contributed by atoms with E-state index in [2.05, 4.69) is 0 Å². The first-order chi connectivity index (χ1) is 9.90. The minimum atomic E-state index is -0.582. The summed E-state index contributed by atoms with van der Waals surface area (Å²) in [6.45, 7) is 0. The molecule has 0 saturated heterocycles. The molecule has 0 aliphatic carbocycles. The van der Waals surface area contributed by atoms with Crippen LogP contribution >= 0.6 is 58.0 Å². The molecular formula is C14H5Cl5FN. The fraction of sp³-hybridized carbons (Fsp3) is 0.0714. The molecule has 2 aromatic rings. The van der Waals surface area contributed by atoms with Crippen molar-refractivity contribution in [2.45, 2.75) is 6.42 Å². The van der Waals surface area contributed by atoms with E-state index >= 15 is 0 Å². The summed E-state index contributed by atoms with van der Waals surface area (Å²) >= 11 is 30.2. The van der Waals surface area contributed by atoms with Gasteiger partial charge >= 0.3 is 0 Å². The number of nitriles is 1. The average molecular weight is 383 g/mol. The Balaban J connectivity index is 2.90. The first kappa shape index (κ1) is 16.7. The quantitative estimate of drug-likeness (QED) is 0.412. The van der Waals surface area contributed by atoms with Crippen LogP contribution in [0.5, 0.6) is 0 Å². The normalized spacial score (nSPS) is 10.5. The van der Waals surface area contributed by atoms with E-state index in [0.29, 0.717) is 5.56 Å². The van der Waals surface area contributed by atoms with Gasteiger partial charge in [0.2, 0.25) is 0 Å². The molecule has 0 saturated carbocycles. The molecule has 0 amide bonds. The molecule has 0 fully saturated rings. The van der Waals surface area contributed by atoms with Gasteiger partial charge in [-0.1, -0.05) is 70.1 Å². The second kappa shape index (κ2) is 6.60. The standard InChI is InChI=1S/C14H5Cl5FN/c15-10-9(11(16)13(18)14(19)12(10)17)8-6(4-5-21)2-1-3-7(8)20/h1-3H,4H2. The number of halogens is 6. The van der Waals surface area contributed by atoms with E-state index in [0.717, 1.165) is 0 Å². The molecule has 1 nitrogen and oxygen atoms in total. The summed E-state index contributed by atoms with van der Waals surface area (Å²) in [4.78, 5) is 0. The van der Waals surface area contributed by atoms with Crippen molar-refractivity contribution < 1.29 is 4.39 Å². The highest BCUT2D eigenvalue weighted by Gasteiger charge is 2.24. The second-order valence-electron chi connectivity index (χ2n) is 4.05. The lowest BCUT2D eigenvalue weighted by Gasteiger charge is -2.15. The van der Waals surface area contributed by atoms with Gasteiger partial charge in [-0.2, -0.15) is 5.26 Å². The van der Waals surface area contributed by atoms with E-state index in [1.54, 1.807) is 6.07 Å². The van der Waals surface area contributed by atoms with Crippen molar-refractivity contribution in [2.75, 3.05) is 0 Å². The fourth-order valence-electron chi connectivity index (χ4n) is 1.91. The zero-order valence-corrected chi connectivity index (χ0v) is 13.9. The van der Waals surface area contributed by atoms with Crippen LogP contribution in [0.4, 0.5) is 4.39 Å². The van der Waals surface area contributed by atoms with Gasteiger partial charge in [-0.25, -0.2) is 4.39 Å². The molecule has 0 N–H and O–H groups in total. The zero-order valence-electron chi connectivity index (χ0n) is 10.2. The van der Waals surface area contributed by atoms with E-state index in [9.17, 15) is 4.39 Å². The van der Waals surface area contributed by atoms with E-state index in [1.807, 2.05) is 6.07 Å². The van der Waals surface area contributed by atoms with Gasteiger partial charge in [0.25, 0.3) is 0 Å². The Morgan fingerprint density at radius 1 is 0.857 bits per heavy atom. The maximum atomic E-state index is 14.2. The molecule has 0 radical (unpaired) electrons. The topological polar surface area (TPSA) is 23.8 Å². The summed E-state index contributed by atoms with van der Waals surface area (Å²) in [5.41, 5.74) is 0.645. The lowest BCUT2D eigenvalue weighted by molar-refractivity contribution is 0.630. The van der Waals surface area contributed by atoms with Crippen LogP contribution in [-0.4, -0.2) is 0 Å². The predicted molar refractivity (Wildman–Crippen MR) is 86.2 cm³/mol. The summed E-state index contributed by atoms with van der Waals surface area (Å²) in [5.74, 6) is -0.582. The second-order valence-corrected chi connectivity index (χ2v) is 5.94. The van der Waals surface area contributed by atoms with Gasteiger partial charge < -0.3 is 0 Å². The summed E-state index contributed by atoms with van der Waals surface area (Å²) in [7, 11) is 0. The SMILES string of the molecule is N#CCc1cccc(F)c1-c1c(Cl)c(Cl)c(Cl)c(Cl)c1Cl. The third kappa shape index (κ3) is 2.95. The van der Waals surface area contributed by atoms with Crippen molar-refractivity contribution in [1.82, 2.24) is 0 Å². The molecule has 0 spiro atoms. The Kier molecular flexibility index (Phi) is 5.24. The molecule has 7 heteroatoms. The van der Waals surface area contributed by atoms with E-state index in [1.165, 1.54) is 12.1 Å². The largest absolute Gasteiger partial charge is 0.206 e. The lowest BCUT2D eigenvalue weighted by Crippen LogP contribution is -1.96. The van der Waals surface area contributed by atoms with Gasteiger partial charge in [-0.05, 0) is 11.6 Å². The highest BCUT2D eigenvalue weighted by atomic mass is 35.5. The summed E-state index contributed by atoms with van der Waals surface area (Å²) in [5, 5.41) is 8.79. The smallest absolute Gasteiger partial charge is 0.131 e. The van der Waals surface area contributed by atoms with E-state index in [-0.39, 0.29) is 42.7 Å². The maximum Gasteiger partial charge on any atom is 0.131 e. The van der Waals surface area contributed by atoms with Crippen molar-refractivity contribution in [3.63, 3.8) is 0 Å². The van der Waals surface area contributed by atoms with Crippen LogP contribution < -0.4 is 0 Å². The van der Waals surface area contributed by atoms with Crippen LogP contribution in [0.3, 0.4) is 0 Å². The molecule has 0 atom stereocenters. The van der Waals surface area contributed by atoms with Gasteiger partial charge in [-0.15, -0.1) is 0 Å². The van der Waals surface area contributed by atoms with Crippen LogP contribution in [0, 0.1) is 17.1 Å². The highest BCUT2D eigenvalue weighted by molar-refractivity contribution is 6.56. The first-order valence-electron chi connectivity index (χ1n) is 5.56. The highest BCUT2D eigenvalue weighted by Crippen LogP contribution is 2.49. The van der Waals surface area contributed by atoms with Gasteiger partial charge in [0.1, 0.15) is 5.82 Å². The van der Waals surface area contributed by atoms with Crippen molar-refractivity contribution in [1.29, 1.82) is 5.26 Å². The van der Waals surface area contributed by atoms with Gasteiger partial charge in [-0.3, -0.25) is 0 Å². The Labute approximate surface area is 145 Å². The van der Waals surface area contributed by atoms with E-state index in [4.69, 9.17) is 63.3 Å². The summed E-state index contributed by atoms with van der Waals surface area (Å²) < 4.78 is 14.2. The molecule has 0 aliphatic rings. The van der Waals surface area contributed by atoms with Gasteiger partial charge in [0.05, 0.1) is 37.6 Å². The van der Waals surface area contributed by atoms with Crippen LogP contribution in [0.25, 0.3) is 11.1 Å². The number of nitrogens with zero attached hydrogens (tertiary/aromatic N) is 1. The zero-order chi connectivity index (χ0) is 15.7. The monoisotopic (exact) mass is 381 g/mol. The molecular weight excluding hydrogens is 378 g/mol. The Morgan fingerprint density at radius 2 is 1.38 bits per heavy atom. The Hall–Kier alpha value is -0.690. The lowest BCUT2D eigenvalue weighted by atomic mass is 9.97.